The SMILES string of the molecule is CCCCCCCN(C(=O)C(CC(C)C)NC(=O)OC(C)(C)C)C(C(=O)Nc1ccc(OC)cc1)c1cccc(C)c1C. The zero-order chi connectivity index (χ0) is 32.2. The van der Waals surface area contributed by atoms with Gasteiger partial charge in [0.1, 0.15) is 23.4 Å². The zero-order valence-corrected chi connectivity index (χ0v) is 27.7. The molecule has 0 aliphatic heterocycles. The molecule has 2 rings (SSSR count). The highest BCUT2D eigenvalue weighted by Gasteiger charge is 2.37. The maximum atomic E-state index is 14.5. The Morgan fingerprint density at radius 3 is 2.16 bits per heavy atom. The molecule has 0 bridgehead atoms. The molecule has 0 aromatic heterocycles. The molecule has 0 aliphatic carbocycles. The molecule has 8 heteroatoms. The van der Waals surface area contributed by atoms with E-state index in [9.17, 15) is 14.4 Å². The highest BCUT2D eigenvalue weighted by Crippen LogP contribution is 2.30. The number of ether oxygens (including phenoxy) is 2. The number of benzene rings is 2. The largest absolute Gasteiger partial charge is 0.497 e. The van der Waals surface area contributed by atoms with Gasteiger partial charge in [0.2, 0.25) is 5.91 Å². The van der Waals surface area contributed by atoms with E-state index >= 15 is 0 Å². The van der Waals surface area contributed by atoms with Gasteiger partial charge in [0.25, 0.3) is 5.91 Å². The minimum Gasteiger partial charge on any atom is -0.497 e. The van der Waals surface area contributed by atoms with Gasteiger partial charge >= 0.3 is 6.09 Å². The van der Waals surface area contributed by atoms with E-state index in [-0.39, 0.29) is 17.7 Å². The predicted octanol–water partition coefficient (Wildman–Crippen LogP) is 7.73. The van der Waals surface area contributed by atoms with Crippen LogP contribution in [0.25, 0.3) is 0 Å². The normalized spacial score (nSPS) is 12.8. The Morgan fingerprint density at radius 2 is 1.58 bits per heavy atom. The number of hydrogen-bond donors (Lipinski definition) is 2. The Labute approximate surface area is 258 Å². The number of alkyl carbamates (subject to hydrolysis) is 1. The summed E-state index contributed by atoms with van der Waals surface area (Å²) in [7, 11) is 1.59. The second-order valence-electron chi connectivity index (χ2n) is 12.7. The summed E-state index contributed by atoms with van der Waals surface area (Å²) in [5.41, 5.74) is 2.62. The van der Waals surface area contributed by atoms with Crippen LogP contribution < -0.4 is 15.4 Å². The standard InChI is InChI=1S/C35H53N3O5/c1-10-11-12-13-14-22-38(33(40)30(23-24(2)3)37-34(41)43-35(6,7)8)31(29-17-15-16-25(4)26(29)5)32(39)36-27-18-20-28(42-9)21-19-27/h15-21,24,30-31H,10-14,22-23H2,1-9H3,(H,36,39)(H,37,41). The molecule has 0 aliphatic rings. The van der Waals surface area contributed by atoms with E-state index in [1.807, 2.05) is 45.9 Å². The fraction of sp³-hybridized carbons (Fsp3) is 0.571. The molecule has 0 saturated carbocycles. The number of methoxy groups -OCH3 is 1. The number of anilines is 1. The van der Waals surface area contributed by atoms with Crippen LogP contribution in [0.3, 0.4) is 0 Å². The third-order valence-electron chi connectivity index (χ3n) is 7.34. The first-order valence-electron chi connectivity index (χ1n) is 15.6. The molecular weight excluding hydrogens is 542 g/mol. The van der Waals surface area contributed by atoms with Crippen LogP contribution in [0, 0.1) is 19.8 Å². The molecule has 0 saturated heterocycles. The third kappa shape index (κ3) is 11.6. The van der Waals surface area contributed by atoms with Gasteiger partial charge in [-0.15, -0.1) is 0 Å². The van der Waals surface area contributed by atoms with Crippen LogP contribution in [0.1, 0.15) is 103 Å². The number of nitrogens with zero attached hydrogens (tertiary/aromatic N) is 1. The van der Waals surface area contributed by atoms with Gasteiger partial charge in [-0.3, -0.25) is 9.59 Å². The van der Waals surface area contributed by atoms with Gasteiger partial charge in [-0.05, 0) is 94.3 Å². The summed E-state index contributed by atoms with van der Waals surface area (Å²) in [6.45, 7) is 15.9. The summed E-state index contributed by atoms with van der Waals surface area (Å²) in [5, 5.41) is 5.87. The monoisotopic (exact) mass is 595 g/mol. The van der Waals surface area contributed by atoms with Gasteiger partial charge in [-0.2, -0.15) is 0 Å². The van der Waals surface area contributed by atoms with Crippen LogP contribution in [-0.2, 0) is 14.3 Å². The molecule has 0 heterocycles. The second-order valence-corrected chi connectivity index (χ2v) is 12.7. The predicted molar refractivity (Wildman–Crippen MR) is 173 cm³/mol. The first-order valence-corrected chi connectivity index (χ1v) is 15.6. The Morgan fingerprint density at radius 1 is 0.930 bits per heavy atom. The zero-order valence-electron chi connectivity index (χ0n) is 27.7. The van der Waals surface area contributed by atoms with Crippen LogP contribution in [-0.4, -0.2) is 48.1 Å². The smallest absolute Gasteiger partial charge is 0.408 e. The Kier molecular flexibility index (Phi) is 14.0. The molecule has 2 aromatic rings. The van der Waals surface area contributed by atoms with E-state index in [2.05, 4.69) is 17.6 Å². The quantitative estimate of drug-likeness (QED) is 0.205. The number of carbonyl (C=O) groups is 3. The molecule has 0 fully saturated rings. The van der Waals surface area contributed by atoms with Gasteiger partial charge in [0.15, 0.2) is 0 Å². The fourth-order valence-electron chi connectivity index (χ4n) is 5.00. The summed E-state index contributed by atoms with van der Waals surface area (Å²) in [6.07, 6.45) is 4.70. The summed E-state index contributed by atoms with van der Waals surface area (Å²) in [4.78, 5) is 43.3. The highest BCUT2D eigenvalue weighted by atomic mass is 16.6. The average molecular weight is 596 g/mol. The van der Waals surface area contributed by atoms with Crippen LogP contribution in [0.15, 0.2) is 42.5 Å². The number of aryl methyl sites for hydroxylation is 1. The van der Waals surface area contributed by atoms with Crippen molar-refractivity contribution in [3.05, 3.63) is 59.2 Å². The van der Waals surface area contributed by atoms with Crippen molar-refractivity contribution in [2.24, 2.45) is 5.92 Å². The molecule has 43 heavy (non-hydrogen) atoms. The highest BCUT2D eigenvalue weighted by molar-refractivity contribution is 5.99. The Balaban J connectivity index is 2.58. The molecule has 2 atom stereocenters. The molecule has 238 valence electrons. The van der Waals surface area contributed by atoms with Crippen LogP contribution in [0.5, 0.6) is 5.75 Å². The number of carbonyl (C=O) groups excluding carboxylic acids is 3. The number of amides is 3. The van der Waals surface area contributed by atoms with E-state index in [4.69, 9.17) is 9.47 Å². The third-order valence-corrected chi connectivity index (χ3v) is 7.34. The summed E-state index contributed by atoms with van der Waals surface area (Å²) >= 11 is 0. The van der Waals surface area contributed by atoms with Crippen molar-refractivity contribution in [2.45, 2.75) is 112 Å². The van der Waals surface area contributed by atoms with Gasteiger partial charge < -0.3 is 25.0 Å². The Hall–Kier alpha value is -3.55. The number of nitrogens with one attached hydrogen (secondary N) is 2. The molecule has 8 nitrogen and oxygen atoms in total. The number of hydrogen-bond acceptors (Lipinski definition) is 5. The van der Waals surface area contributed by atoms with Gasteiger partial charge in [0.05, 0.1) is 7.11 Å². The van der Waals surface area contributed by atoms with Crippen molar-refractivity contribution in [3.8, 4) is 5.75 Å². The van der Waals surface area contributed by atoms with Crippen LogP contribution in [0.4, 0.5) is 10.5 Å². The lowest BCUT2D eigenvalue weighted by atomic mass is 9.94. The van der Waals surface area contributed by atoms with Crippen LogP contribution in [0.2, 0.25) is 0 Å². The number of unbranched alkanes of at least 4 members (excludes halogenated alkanes) is 4. The summed E-state index contributed by atoms with van der Waals surface area (Å²) in [6, 6.07) is 11.2. The van der Waals surface area contributed by atoms with E-state index < -0.39 is 23.8 Å². The Bertz CT molecular complexity index is 1190. The van der Waals surface area contributed by atoms with Crippen LogP contribution >= 0.6 is 0 Å². The summed E-state index contributed by atoms with van der Waals surface area (Å²) < 4.78 is 10.8. The molecule has 2 N–H and O–H groups in total. The average Bonchev–Trinajstić information content (AvgIpc) is 2.92. The van der Waals surface area contributed by atoms with Gasteiger partial charge in [-0.25, -0.2) is 4.79 Å². The van der Waals surface area contributed by atoms with Gasteiger partial charge in [-0.1, -0.05) is 64.7 Å². The van der Waals surface area contributed by atoms with Crippen molar-refractivity contribution in [1.29, 1.82) is 0 Å². The first kappa shape index (κ1) is 35.6. The lowest BCUT2D eigenvalue weighted by molar-refractivity contribution is -0.141. The molecule has 3 amide bonds. The van der Waals surface area contributed by atoms with Crippen molar-refractivity contribution in [2.75, 3.05) is 19.0 Å². The summed E-state index contributed by atoms with van der Waals surface area (Å²) in [5.74, 6) is 0.174. The minimum absolute atomic E-state index is 0.113. The fourth-order valence-corrected chi connectivity index (χ4v) is 5.00. The van der Waals surface area contributed by atoms with E-state index in [0.29, 0.717) is 24.4 Å². The molecular formula is C35H53N3O5. The van der Waals surface area contributed by atoms with Crippen molar-refractivity contribution < 1.29 is 23.9 Å². The first-order chi connectivity index (χ1) is 20.3. The van der Waals surface area contributed by atoms with E-state index in [1.54, 1.807) is 57.0 Å². The van der Waals surface area contributed by atoms with E-state index in [1.165, 1.54) is 0 Å². The van der Waals surface area contributed by atoms with Crippen molar-refractivity contribution in [3.63, 3.8) is 0 Å². The van der Waals surface area contributed by atoms with E-state index in [0.717, 1.165) is 48.8 Å². The maximum absolute atomic E-state index is 14.5. The van der Waals surface area contributed by atoms with Crippen molar-refractivity contribution >= 4 is 23.6 Å². The lowest BCUT2D eigenvalue weighted by Gasteiger charge is -2.36. The van der Waals surface area contributed by atoms with Crippen molar-refractivity contribution in [1.82, 2.24) is 10.2 Å². The lowest BCUT2D eigenvalue weighted by Crippen LogP contribution is -2.53. The molecule has 2 unspecified atom stereocenters. The topological polar surface area (TPSA) is 97.0 Å². The molecule has 0 radical (unpaired) electrons. The number of rotatable bonds is 15. The molecule has 2 aromatic carbocycles. The van der Waals surface area contributed by atoms with Gasteiger partial charge in [0, 0.05) is 12.2 Å². The second kappa shape index (κ2) is 16.9. The maximum Gasteiger partial charge on any atom is 0.408 e. The molecule has 0 spiro atoms. The minimum atomic E-state index is -0.907.